The van der Waals surface area contributed by atoms with Crippen LogP contribution < -0.4 is 10.6 Å². The molecule has 0 bridgehead atoms. The molecule has 0 aliphatic carbocycles. The highest BCUT2D eigenvalue weighted by molar-refractivity contribution is 7.10. The SMILES string of the molecule is CCNC(=NCC(C)(C)N1CCOCC1)NCC1CCCN(C)C1c1cccs1. The van der Waals surface area contributed by atoms with Gasteiger partial charge in [-0.15, -0.1) is 11.3 Å². The first kappa shape index (κ1) is 22.5. The predicted octanol–water partition coefficient (Wildman–Crippen LogP) is 2.80. The summed E-state index contributed by atoms with van der Waals surface area (Å²) in [5.74, 6) is 1.54. The Morgan fingerprint density at radius 3 is 2.76 bits per heavy atom. The smallest absolute Gasteiger partial charge is 0.191 e. The molecule has 0 spiro atoms. The van der Waals surface area contributed by atoms with Crippen LogP contribution in [-0.4, -0.2) is 80.8 Å². The zero-order chi connectivity index (χ0) is 20.7. The van der Waals surface area contributed by atoms with Gasteiger partial charge < -0.3 is 15.4 Å². The van der Waals surface area contributed by atoms with Crippen molar-refractivity contribution in [2.45, 2.75) is 45.2 Å². The lowest BCUT2D eigenvalue weighted by Gasteiger charge is -2.40. The Kier molecular flexibility index (Phi) is 8.35. The van der Waals surface area contributed by atoms with E-state index in [1.165, 1.54) is 24.3 Å². The number of nitrogens with one attached hydrogen (secondary N) is 2. The number of likely N-dealkylation sites (tertiary alicyclic amines) is 1. The van der Waals surface area contributed by atoms with Gasteiger partial charge in [0.25, 0.3) is 0 Å². The lowest BCUT2D eigenvalue weighted by Crippen LogP contribution is -2.52. The van der Waals surface area contributed by atoms with Crippen LogP contribution in [0.2, 0.25) is 0 Å². The van der Waals surface area contributed by atoms with Crippen LogP contribution in [0, 0.1) is 5.92 Å². The number of thiophene rings is 1. The standard InChI is InChI=1S/C22H39N5OS/c1-5-23-21(25-17-22(2,3)27-11-13-28-14-12-27)24-16-18-8-6-10-26(4)20(18)19-9-7-15-29-19/h7,9,15,18,20H,5-6,8,10-14,16-17H2,1-4H3,(H2,23,24,25). The van der Waals surface area contributed by atoms with Gasteiger partial charge in [0.15, 0.2) is 5.96 Å². The molecule has 2 N–H and O–H groups in total. The van der Waals surface area contributed by atoms with Gasteiger partial charge in [-0.25, -0.2) is 0 Å². The molecule has 0 aromatic carbocycles. The highest BCUT2D eigenvalue weighted by Gasteiger charge is 2.31. The van der Waals surface area contributed by atoms with E-state index in [1.54, 1.807) is 0 Å². The fourth-order valence-corrected chi connectivity index (χ4v) is 5.48. The highest BCUT2D eigenvalue weighted by Crippen LogP contribution is 2.36. The monoisotopic (exact) mass is 421 g/mol. The number of hydrogen-bond acceptors (Lipinski definition) is 5. The van der Waals surface area contributed by atoms with Crippen molar-refractivity contribution in [2.75, 3.05) is 59.5 Å². The second-order valence-electron chi connectivity index (χ2n) is 8.83. The van der Waals surface area contributed by atoms with Crippen LogP contribution >= 0.6 is 11.3 Å². The second-order valence-corrected chi connectivity index (χ2v) is 9.81. The number of hydrogen-bond donors (Lipinski definition) is 2. The Morgan fingerprint density at radius 2 is 2.07 bits per heavy atom. The fourth-order valence-electron chi connectivity index (χ4n) is 4.49. The quantitative estimate of drug-likeness (QED) is 0.524. The molecule has 7 heteroatoms. The molecule has 2 unspecified atom stereocenters. The summed E-state index contributed by atoms with van der Waals surface area (Å²) < 4.78 is 5.51. The molecule has 3 heterocycles. The molecule has 164 valence electrons. The minimum absolute atomic E-state index is 0.0384. The van der Waals surface area contributed by atoms with Crippen LogP contribution in [0.5, 0.6) is 0 Å². The number of aliphatic imine (C=N–C) groups is 1. The molecule has 2 fully saturated rings. The molecule has 0 saturated carbocycles. The number of guanidine groups is 1. The van der Waals surface area contributed by atoms with Crippen molar-refractivity contribution >= 4 is 17.3 Å². The minimum Gasteiger partial charge on any atom is -0.379 e. The normalized spacial score (nSPS) is 25.2. The van der Waals surface area contributed by atoms with E-state index in [4.69, 9.17) is 9.73 Å². The highest BCUT2D eigenvalue weighted by atomic mass is 32.1. The molecule has 1 aromatic heterocycles. The van der Waals surface area contributed by atoms with E-state index in [0.717, 1.165) is 51.9 Å². The molecule has 6 nitrogen and oxygen atoms in total. The van der Waals surface area contributed by atoms with Gasteiger partial charge in [-0.05, 0) is 64.6 Å². The molecule has 2 aliphatic rings. The van der Waals surface area contributed by atoms with E-state index in [9.17, 15) is 0 Å². The Bertz CT molecular complexity index is 627. The fraction of sp³-hybridized carbons (Fsp3) is 0.773. The van der Waals surface area contributed by atoms with E-state index in [1.807, 2.05) is 11.3 Å². The van der Waals surface area contributed by atoms with E-state index >= 15 is 0 Å². The zero-order valence-corrected chi connectivity index (χ0v) is 19.4. The van der Waals surface area contributed by atoms with E-state index in [0.29, 0.717) is 12.0 Å². The van der Waals surface area contributed by atoms with Crippen LogP contribution in [-0.2, 0) is 4.74 Å². The third-order valence-corrected chi connectivity index (χ3v) is 7.15. The van der Waals surface area contributed by atoms with Crippen molar-refractivity contribution < 1.29 is 4.74 Å². The van der Waals surface area contributed by atoms with Crippen LogP contribution in [0.4, 0.5) is 0 Å². The largest absolute Gasteiger partial charge is 0.379 e. The predicted molar refractivity (Wildman–Crippen MR) is 123 cm³/mol. The van der Waals surface area contributed by atoms with Gasteiger partial charge >= 0.3 is 0 Å². The molecule has 2 saturated heterocycles. The second kappa shape index (κ2) is 10.8. The third kappa shape index (κ3) is 6.17. The van der Waals surface area contributed by atoms with Gasteiger partial charge in [0.05, 0.1) is 19.8 Å². The number of ether oxygens (including phenoxy) is 1. The van der Waals surface area contributed by atoms with Crippen LogP contribution in [0.15, 0.2) is 22.5 Å². The third-order valence-electron chi connectivity index (χ3n) is 6.21. The van der Waals surface area contributed by atoms with Crippen molar-refractivity contribution in [1.29, 1.82) is 0 Å². The zero-order valence-electron chi connectivity index (χ0n) is 18.6. The van der Waals surface area contributed by atoms with Gasteiger partial charge in [-0.1, -0.05) is 6.07 Å². The Hall–Kier alpha value is -1.15. The van der Waals surface area contributed by atoms with E-state index < -0.39 is 0 Å². The lowest BCUT2D eigenvalue weighted by molar-refractivity contribution is -0.00684. The summed E-state index contributed by atoms with van der Waals surface area (Å²) in [5.41, 5.74) is 0.0384. The first-order valence-electron chi connectivity index (χ1n) is 11.1. The van der Waals surface area contributed by atoms with Gasteiger partial charge in [0.1, 0.15) is 0 Å². The number of nitrogens with zero attached hydrogens (tertiary/aromatic N) is 3. The molecular formula is C22H39N5OS. The average molecular weight is 422 g/mol. The van der Waals surface area contributed by atoms with E-state index in [-0.39, 0.29) is 5.54 Å². The van der Waals surface area contributed by atoms with Crippen molar-refractivity contribution in [3.8, 4) is 0 Å². The number of piperidine rings is 1. The molecule has 0 amide bonds. The van der Waals surface area contributed by atoms with Gasteiger partial charge in [0.2, 0.25) is 0 Å². The summed E-state index contributed by atoms with van der Waals surface area (Å²) in [6, 6.07) is 4.96. The summed E-state index contributed by atoms with van der Waals surface area (Å²) in [6.45, 7) is 14.1. The van der Waals surface area contributed by atoms with Crippen LogP contribution in [0.3, 0.4) is 0 Å². The van der Waals surface area contributed by atoms with Crippen molar-refractivity contribution in [2.24, 2.45) is 10.9 Å². The Labute approximate surface area is 180 Å². The van der Waals surface area contributed by atoms with Crippen LogP contribution in [0.25, 0.3) is 0 Å². The summed E-state index contributed by atoms with van der Waals surface area (Å²) in [7, 11) is 2.26. The molecule has 2 aliphatic heterocycles. The number of rotatable bonds is 7. The first-order valence-corrected chi connectivity index (χ1v) is 12.0. The molecular weight excluding hydrogens is 382 g/mol. The van der Waals surface area contributed by atoms with Crippen LogP contribution in [0.1, 0.15) is 44.5 Å². The van der Waals surface area contributed by atoms with Crippen molar-refractivity contribution in [3.63, 3.8) is 0 Å². The summed E-state index contributed by atoms with van der Waals surface area (Å²) >= 11 is 1.88. The molecule has 2 atom stereocenters. The maximum Gasteiger partial charge on any atom is 0.191 e. The molecule has 0 radical (unpaired) electrons. The molecule has 3 rings (SSSR count). The first-order chi connectivity index (χ1) is 14.0. The number of morpholine rings is 1. The summed E-state index contributed by atoms with van der Waals surface area (Å²) in [4.78, 5) is 11.4. The Balaban J connectivity index is 1.61. The maximum atomic E-state index is 5.51. The Morgan fingerprint density at radius 1 is 1.28 bits per heavy atom. The van der Waals surface area contributed by atoms with E-state index in [2.05, 4.69) is 65.8 Å². The topological polar surface area (TPSA) is 52.1 Å². The molecule has 1 aromatic rings. The van der Waals surface area contributed by atoms with Crippen molar-refractivity contribution in [1.82, 2.24) is 20.4 Å². The molecule has 29 heavy (non-hydrogen) atoms. The van der Waals surface area contributed by atoms with Gasteiger partial charge in [-0.2, -0.15) is 0 Å². The van der Waals surface area contributed by atoms with Crippen molar-refractivity contribution in [3.05, 3.63) is 22.4 Å². The maximum absolute atomic E-state index is 5.51. The summed E-state index contributed by atoms with van der Waals surface area (Å²) in [5, 5.41) is 9.29. The average Bonchev–Trinajstić information content (AvgIpc) is 3.25. The lowest BCUT2D eigenvalue weighted by atomic mass is 9.88. The summed E-state index contributed by atoms with van der Waals surface area (Å²) in [6.07, 6.45) is 2.53. The minimum atomic E-state index is 0.0384. The van der Waals surface area contributed by atoms with Gasteiger partial charge in [0, 0.05) is 42.6 Å². The van der Waals surface area contributed by atoms with Gasteiger partial charge in [-0.3, -0.25) is 14.8 Å².